The normalized spacial score (nSPS) is 21.3. The summed E-state index contributed by atoms with van der Waals surface area (Å²) in [5.41, 5.74) is 4.23. The van der Waals surface area contributed by atoms with Gasteiger partial charge in [-0.15, -0.1) is 0 Å². The first-order valence-electron chi connectivity index (χ1n) is 11.5. The number of allylic oxidation sites excluding steroid dienone is 1. The van der Waals surface area contributed by atoms with Crippen molar-refractivity contribution >= 4 is 6.08 Å². The first-order valence-corrected chi connectivity index (χ1v) is 11.5. The summed E-state index contributed by atoms with van der Waals surface area (Å²) in [6.07, 6.45) is 14.6. The van der Waals surface area contributed by atoms with Crippen LogP contribution in [0.25, 0.3) is 17.2 Å². The molecule has 2 aromatic carbocycles. The summed E-state index contributed by atoms with van der Waals surface area (Å²) >= 11 is 0. The van der Waals surface area contributed by atoms with Crippen molar-refractivity contribution in [2.24, 2.45) is 11.8 Å². The van der Waals surface area contributed by atoms with Crippen molar-refractivity contribution in [1.82, 2.24) is 0 Å². The van der Waals surface area contributed by atoms with Gasteiger partial charge in [0.2, 0.25) is 0 Å². The second kappa shape index (κ2) is 9.41. The van der Waals surface area contributed by atoms with E-state index in [9.17, 15) is 13.2 Å². The summed E-state index contributed by atoms with van der Waals surface area (Å²) in [4.78, 5) is 0. The zero-order valence-electron chi connectivity index (χ0n) is 17.8. The van der Waals surface area contributed by atoms with E-state index >= 15 is 0 Å². The Balaban J connectivity index is 1.47. The van der Waals surface area contributed by atoms with Gasteiger partial charge in [-0.2, -0.15) is 0 Å². The Morgan fingerprint density at radius 1 is 0.833 bits per heavy atom. The van der Waals surface area contributed by atoms with Crippen molar-refractivity contribution in [3.05, 3.63) is 64.5 Å². The third kappa shape index (κ3) is 4.66. The van der Waals surface area contributed by atoms with Gasteiger partial charge < -0.3 is 0 Å². The highest BCUT2D eigenvalue weighted by Crippen LogP contribution is 2.40. The van der Waals surface area contributed by atoms with E-state index in [4.69, 9.17) is 0 Å². The first kappa shape index (κ1) is 21.2. The summed E-state index contributed by atoms with van der Waals surface area (Å²) in [5.74, 6) is -0.714. The number of fused-ring (bicyclic) bond motifs is 1. The monoisotopic (exact) mass is 412 g/mol. The van der Waals surface area contributed by atoms with Gasteiger partial charge in [-0.3, -0.25) is 0 Å². The molecule has 0 unspecified atom stereocenters. The van der Waals surface area contributed by atoms with Crippen molar-refractivity contribution in [2.75, 3.05) is 0 Å². The molecule has 160 valence electrons. The molecule has 0 atom stereocenters. The fraction of sp³-hybridized carbons (Fsp3) is 0.481. The molecule has 0 spiro atoms. The Labute approximate surface area is 178 Å². The molecule has 0 aromatic heterocycles. The second-order valence-corrected chi connectivity index (χ2v) is 9.09. The van der Waals surface area contributed by atoms with E-state index in [-0.39, 0.29) is 5.82 Å². The van der Waals surface area contributed by atoms with Crippen molar-refractivity contribution < 1.29 is 13.2 Å². The largest absolute Gasteiger partial charge is 0.206 e. The number of benzene rings is 2. The Morgan fingerprint density at radius 3 is 2.37 bits per heavy atom. The molecule has 0 amide bonds. The maximum Gasteiger partial charge on any atom is 0.159 e. The predicted octanol–water partition coefficient (Wildman–Crippen LogP) is 8.49. The van der Waals surface area contributed by atoms with Gasteiger partial charge in [-0.1, -0.05) is 50.3 Å². The SMILES string of the molecule is CCCCCC1CCC(C2=Cc3cc(F)c(-c4ccc(F)c(F)c4)cc3CC2)CC1. The van der Waals surface area contributed by atoms with Crippen LogP contribution in [0.2, 0.25) is 0 Å². The van der Waals surface area contributed by atoms with Crippen LogP contribution in [0.4, 0.5) is 13.2 Å². The molecule has 0 N–H and O–H groups in total. The Morgan fingerprint density at radius 2 is 1.63 bits per heavy atom. The first-order chi connectivity index (χ1) is 14.5. The fourth-order valence-electron chi connectivity index (χ4n) is 5.25. The lowest BCUT2D eigenvalue weighted by molar-refractivity contribution is 0.279. The zero-order chi connectivity index (χ0) is 21.1. The number of hydrogen-bond acceptors (Lipinski definition) is 0. The van der Waals surface area contributed by atoms with Crippen molar-refractivity contribution in [1.29, 1.82) is 0 Å². The van der Waals surface area contributed by atoms with E-state index < -0.39 is 11.6 Å². The maximum absolute atomic E-state index is 14.8. The van der Waals surface area contributed by atoms with Gasteiger partial charge in [-0.05, 0) is 91.3 Å². The average molecular weight is 413 g/mol. The highest BCUT2D eigenvalue weighted by Gasteiger charge is 2.25. The van der Waals surface area contributed by atoms with Crippen LogP contribution in [0, 0.1) is 29.3 Å². The van der Waals surface area contributed by atoms with E-state index in [1.165, 1.54) is 63.0 Å². The lowest BCUT2D eigenvalue weighted by Crippen LogP contribution is -2.18. The van der Waals surface area contributed by atoms with E-state index in [2.05, 4.69) is 13.0 Å². The zero-order valence-corrected chi connectivity index (χ0v) is 17.8. The van der Waals surface area contributed by atoms with Gasteiger partial charge >= 0.3 is 0 Å². The van der Waals surface area contributed by atoms with Crippen molar-refractivity contribution in [2.45, 2.75) is 71.1 Å². The number of halogens is 3. The molecule has 3 heteroatoms. The third-order valence-corrected chi connectivity index (χ3v) is 7.07. The number of rotatable bonds is 6. The quantitative estimate of drug-likeness (QED) is 0.417. The molecule has 0 bridgehead atoms. The Kier molecular flexibility index (Phi) is 6.65. The van der Waals surface area contributed by atoms with Crippen LogP contribution in [-0.4, -0.2) is 0 Å². The molecule has 0 saturated heterocycles. The lowest BCUT2D eigenvalue weighted by atomic mass is 9.74. The minimum Gasteiger partial charge on any atom is -0.206 e. The summed E-state index contributed by atoms with van der Waals surface area (Å²) in [5, 5.41) is 0. The maximum atomic E-state index is 14.8. The summed E-state index contributed by atoms with van der Waals surface area (Å²) in [6.45, 7) is 2.26. The molecule has 1 saturated carbocycles. The Bertz CT molecular complexity index is 920. The number of unbranched alkanes of at least 4 members (excludes halogenated alkanes) is 2. The predicted molar refractivity (Wildman–Crippen MR) is 118 cm³/mol. The lowest BCUT2D eigenvalue weighted by Gasteiger charge is -2.32. The standard InChI is InChI=1S/C27H31F3/c1-2-3-4-5-18-6-8-19(9-7-18)20-10-11-21-15-24(26(29)17-23(21)14-20)22-12-13-25(28)27(30)16-22/h12-19H,2-11H2,1H3. The van der Waals surface area contributed by atoms with E-state index in [0.717, 1.165) is 42.0 Å². The Hall–Kier alpha value is -2.03. The summed E-state index contributed by atoms with van der Waals surface area (Å²) < 4.78 is 41.7. The van der Waals surface area contributed by atoms with E-state index in [0.29, 0.717) is 17.0 Å². The molecular formula is C27H31F3. The van der Waals surface area contributed by atoms with E-state index in [1.54, 1.807) is 6.07 Å². The molecule has 0 radical (unpaired) electrons. The average Bonchev–Trinajstić information content (AvgIpc) is 2.75. The van der Waals surface area contributed by atoms with Gasteiger partial charge in [0.15, 0.2) is 11.6 Å². The van der Waals surface area contributed by atoms with Crippen LogP contribution in [0.1, 0.15) is 75.8 Å². The van der Waals surface area contributed by atoms with Gasteiger partial charge in [0, 0.05) is 5.56 Å². The number of hydrogen-bond donors (Lipinski definition) is 0. The van der Waals surface area contributed by atoms with Gasteiger partial charge in [0.05, 0.1) is 0 Å². The van der Waals surface area contributed by atoms with Crippen LogP contribution < -0.4 is 0 Å². The van der Waals surface area contributed by atoms with Gasteiger partial charge in [-0.25, -0.2) is 13.2 Å². The van der Waals surface area contributed by atoms with Crippen LogP contribution in [0.5, 0.6) is 0 Å². The molecule has 4 rings (SSSR count). The molecule has 2 aliphatic rings. The minimum absolute atomic E-state index is 0.345. The van der Waals surface area contributed by atoms with Crippen LogP contribution in [0.3, 0.4) is 0 Å². The van der Waals surface area contributed by atoms with Crippen LogP contribution in [-0.2, 0) is 6.42 Å². The number of aryl methyl sites for hydroxylation is 1. The van der Waals surface area contributed by atoms with Gasteiger partial charge in [0.25, 0.3) is 0 Å². The highest BCUT2D eigenvalue weighted by atomic mass is 19.2. The molecule has 0 heterocycles. The smallest absolute Gasteiger partial charge is 0.159 e. The van der Waals surface area contributed by atoms with Gasteiger partial charge in [0.1, 0.15) is 5.82 Å². The molecule has 0 nitrogen and oxygen atoms in total. The fourth-order valence-corrected chi connectivity index (χ4v) is 5.25. The molecule has 30 heavy (non-hydrogen) atoms. The minimum atomic E-state index is -0.947. The van der Waals surface area contributed by atoms with Crippen LogP contribution >= 0.6 is 0 Å². The molecule has 2 aromatic rings. The molecule has 2 aliphatic carbocycles. The topological polar surface area (TPSA) is 0 Å². The summed E-state index contributed by atoms with van der Waals surface area (Å²) in [7, 11) is 0. The van der Waals surface area contributed by atoms with Crippen molar-refractivity contribution in [3.8, 4) is 11.1 Å². The van der Waals surface area contributed by atoms with Crippen LogP contribution in [0.15, 0.2) is 35.9 Å². The molecule has 0 aliphatic heterocycles. The van der Waals surface area contributed by atoms with Crippen molar-refractivity contribution in [3.63, 3.8) is 0 Å². The van der Waals surface area contributed by atoms with E-state index in [1.807, 2.05) is 6.07 Å². The highest BCUT2D eigenvalue weighted by molar-refractivity contribution is 5.70. The molecule has 1 fully saturated rings. The summed E-state index contributed by atoms with van der Waals surface area (Å²) in [6, 6.07) is 6.95. The molecular weight excluding hydrogens is 381 g/mol. The third-order valence-electron chi connectivity index (χ3n) is 7.07. The second-order valence-electron chi connectivity index (χ2n) is 9.09.